The van der Waals surface area contributed by atoms with Gasteiger partial charge in [0.05, 0.1) is 23.4 Å². The van der Waals surface area contributed by atoms with Gasteiger partial charge in [-0.3, -0.25) is 0 Å². The minimum Gasteiger partial charge on any atom is -0.471 e. The van der Waals surface area contributed by atoms with Gasteiger partial charge in [-0.15, -0.1) is 0 Å². The highest BCUT2D eigenvalue weighted by Crippen LogP contribution is 2.44. The van der Waals surface area contributed by atoms with E-state index in [1.54, 1.807) is 19.1 Å². The minimum absolute atomic E-state index is 0.285. The SMILES string of the molecule is CCOC(=O)NC1CC(C)(C)Oc2nc(-c3ccc(Cl)cc3Cl)c(-c3ccc(Cl)cc3)cc21. The molecule has 1 amide bonds. The summed E-state index contributed by atoms with van der Waals surface area (Å²) in [6.45, 7) is 5.97. The first-order chi connectivity index (χ1) is 15.7. The average Bonchev–Trinajstić information content (AvgIpc) is 2.73. The number of aromatic nitrogens is 1. The van der Waals surface area contributed by atoms with E-state index in [9.17, 15) is 4.79 Å². The van der Waals surface area contributed by atoms with Gasteiger partial charge in [-0.2, -0.15) is 0 Å². The van der Waals surface area contributed by atoms with Crippen molar-refractivity contribution >= 4 is 40.9 Å². The highest BCUT2D eigenvalue weighted by Gasteiger charge is 2.37. The Balaban J connectivity index is 1.92. The molecule has 2 aromatic carbocycles. The summed E-state index contributed by atoms with van der Waals surface area (Å²) in [4.78, 5) is 17.1. The Morgan fingerprint density at radius 1 is 1.09 bits per heavy atom. The number of hydrogen-bond donors (Lipinski definition) is 1. The molecule has 1 aliphatic rings. The molecule has 0 aliphatic carbocycles. The molecule has 1 atom stereocenters. The van der Waals surface area contributed by atoms with Crippen LogP contribution in [0.4, 0.5) is 4.79 Å². The normalized spacial score (nSPS) is 16.5. The number of fused-ring (bicyclic) bond motifs is 1. The molecule has 1 aliphatic heterocycles. The number of rotatable bonds is 4. The van der Waals surface area contributed by atoms with E-state index in [0.717, 1.165) is 22.3 Å². The third-order valence-corrected chi connectivity index (χ3v) is 6.17. The predicted octanol–water partition coefficient (Wildman–Crippen LogP) is 7.72. The smallest absolute Gasteiger partial charge is 0.407 e. The summed E-state index contributed by atoms with van der Waals surface area (Å²) in [7, 11) is 0. The second-order valence-corrected chi connectivity index (χ2v) is 9.67. The van der Waals surface area contributed by atoms with E-state index in [0.29, 0.717) is 33.1 Å². The lowest BCUT2D eigenvalue weighted by molar-refractivity contribution is 0.0584. The average molecular weight is 506 g/mol. The largest absolute Gasteiger partial charge is 0.471 e. The fourth-order valence-corrected chi connectivity index (χ4v) is 4.55. The van der Waals surface area contributed by atoms with Crippen LogP contribution in [0.5, 0.6) is 5.88 Å². The zero-order chi connectivity index (χ0) is 23.8. The van der Waals surface area contributed by atoms with Crippen molar-refractivity contribution in [3.63, 3.8) is 0 Å². The molecule has 4 rings (SSSR count). The molecule has 8 heteroatoms. The molecule has 0 radical (unpaired) electrons. The molecular weight excluding hydrogens is 483 g/mol. The molecule has 0 saturated carbocycles. The van der Waals surface area contributed by atoms with E-state index in [4.69, 9.17) is 49.3 Å². The van der Waals surface area contributed by atoms with Crippen LogP contribution in [0.15, 0.2) is 48.5 Å². The maximum Gasteiger partial charge on any atom is 0.407 e. The summed E-state index contributed by atoms with van der Waals surface area (Å²) in [5.74, 6) is 0.437. The molecule has 0 saturated heterocycles. The number of carbonyl (C=O) groups is 1. The highest BCUT2D eigenvalue weighted by atomic mass is 35.5. The van der Waals surface area contributed by atoms with Gasteiger partial charge in [-0.1, -0.05) is 46.9 Å². The fourth-order valence-electron chi connectivity index (χ4n) is 3.93. The Morgan fingerprint density at radius 3 is 2.45 bits per heavy atom. The van der Waals surface area contributed by atoms with Crippen LogP contribution in [0.2, 0.25) is 15.1 Å². The van der Waals surface area contributed by atoms with Crippen molar-refractivity contribution in [3.8, 4) is 28.3 Å². The van der Waals surface area contributed by atoms with E-state index in [-0.39, 0.29) is 12.6 Å². The number of alkyl carbamates (subject to hydrolysis) is 1. The van der Waals surface area contributed by atoms with Gasteiger partial charge >= 0.3 is 6.09 Å². The quantitative estimate of drug-likeness (QED) is 0.394. The first-order valence-electron chi connectivity index (χ1n) is 10.6. The number of benzene rings is 2. The third-order valence-electron chi connectivity index (χ3n) is 5.37. The van der Waals surface area contributed by atoms with Crippen LogP contribution in [-0.4, -0.2) is 23.3 Å². The number of hydrogen-bond acceptors (Lipinski definition) is 4. The number of ether oxygens (including phenoxy) is 2. The number of amides is 1. The highest BCUT2D eigenvalue weighted by molar-refractivity contribution is 6.36. The molecule has 0 spiro atoms. The molecule has 2 heterocycles. The van der Waals surface area contributed by atoms with Gasteiger partial charge in [0.25, 0.3) is 0 Å². The van der Waals surface area contributed by atoms with Crippen molar-refractivity contribution < 1.29 is 14.3 Å². The predicted molar refractivity (Wildman–Crippen MR) is 132 cm³/mol. The Labute approximate surface area is 208 Å². The number of carbonyl (C=O) groups excluding carboxylic acids is 1. The summed E-state index contributed by atoms with van der Waals surface area (Å²) in [5.41, 5.74) is 3.30. The number of nitrogens with zero attached hydrogens (tertiary/aromatic N) is 1. The zero-order valence-corrected chi connectivity index (χ0v) is 20.7. The van der Waals surface area contributed by atoms with Gasteiger partial charge < -0.3 is 14.8 Å². The molecular formula is C25H23Cl3N2O3. The number of halogens is 3. The van der Waals surface area contributed by atoms with Crippen LogP contribution in [0.25, 0.3) is 22.4 Å². The molecule has 172 valence electrons. The molecule has 0 fully saturated rings. The lowest BCUT2D eigenvalue weighted by Crippen LogP contribution is -2.42. The molecule has 33 heavy (non-hydrogen) atoms. The number of pyridine rings is 1. The molecule has 1 N–H and O–H groups in total. The molecule has 5 nitrogen and oxygen atoms in total. The van der Waals surface area contributed by atoms with Crippen LogP contribution in [-0.2, 0) is 4.74 Å². The standard InChI is InChI=1S/C25H23Cl3N2O3/c1-4-32-24(31)29-21-13-25(2,3)33-23-19(21)12-18(14-5-7-15(26)8-6-14)22(30-23)17-10-9-16(27)11-20(17)28/h5-12,21H,4,13H2,1-3H3,(H,29,31). The lowest BCUT2D eigenvalue weighted by atomic mass is 9.88. The first kappa shape index (κ1) is 23.7. The maximum atomic E-state index is 12.3. The van der Waals surface area contributed by atoms with Crippen LogP contribution < -0.4 is 10.1 Å². The Hall–Kier alpha value is -2.47. The van der Waals surface area contributed by atoms with Gasteiger partial charge in [0.1, 0.15) is 5.60 Å². The monoisotopic (exact) mass is 504 g/mol. The van der Waals surface area contributed by atoms with Crippen molar-refractivity contribution in [3.05, 3.63) is 69.2 Å². The zero-order valence-electron chi connectivity index (χ0n) is 18.4. The number of nitrogens with one attached hydrogen (secondary N) is 1. The van der Waals surface area contributed by atoms with E-state index in [1.165, 1.54) is 0 Å². The Morgan fingerprint density at radius 2 is 1.79 bits per heavy atom. The summed E-state index contributed by atoms with van der Waals surface area (Å²) < 4.78 is 11.4. The van der Waals surface area contributed by atoms with E-state index < -0.39 is 11.7 Å². The van der Waals surface area contributed by atoms with E-state index >= 15 is 0 Å². The molecule has 1 aromatic heterocycles. The first-order valence-corrected chi connectivity index (χ1v) is 11.7. The van der Waals surface area contributed by atoms with Gasteiger partial charge in [-0.25, -0.2) is 9.78 Å². The Bertz CT molecular complexity index is 1200. The van der Waals surface area contributed by atoms with Crippen molar-refractivity contribution in [1.82, 2.24) is 10.3 Å². The third kappa shape index (κ3) is 5.21. The van der Waals surface area contributed by atoms with Crippen molar-refractivity contribution in [2.45, 2.75) is 38.8 Å². The summed E-state index contributed by atoms with van der Waals surface area (Å²) in [6, 6.07) is 14.4. The van der Waals surface area contributed by atoms with Gasteiger partial charge in [-0.05, 0) is 62.7 Å². The van der Waals surface area contributed by atoms with E-state index in [1.807, 2.05) is 50.2 Å². The molecule has 1 unspecified atom stereocenters. The molecule has 0 bridgehead atoms. The van der Waals surface area contributed by atoms with Crippen molar-refractivity contribution in [2.75, 3.05) is 6.61 Å². The van der Waals surface area contributed by atoms with Gasteiger partial charge in [0.2, 0.25) is 5.88 Å². The second-order valence-electron chi connectivity index (χ2n) is 8.39. The fraction of sp³-hybridized carbons (Fsp3) is 0.280. The van der Waals surface area contributed by atoms with Crippen LogP contribution in [0.1, 0.15) is 38.8 Å². The van der Waals surface area contributed by atoms with Gasteiger partial charge in [0, 0.05) is 33.2 Å². The lowest BCUT2D eigenvalue weighted by Gasteiger charge is -2.37. The van der Waals surface area contributed by atoms with Crippen LogP contribution in [0.3, 0.4) is 0 Å². The van der Waals surface area contributed by atoms with Crippen molar-refractivity contribution in [2.24, 2.45) is 0 Å². The summed E-state index contributed by atoms with van der Waals surface area (Å²) >= 11 is 18.8. The topological polar surface area (TPSA) is 60.5 Å². The van der Waals surface area contributed by atoms with E-state index in [2.05, 4.69) is 5.32 Å². The molecule has 3 aromatic rings. The summed E-state index contributed by atoms with van der Waals surface area (Å²) in [5, 5.41) is 4.59. The van der Waals surface area contributed by atoms with Crippen molar-refractivity contribution in [1.29, 1.82) is 0 Å². The summed E-state index contributed by atoms with van der Waals surface area (Å²) in [6.07, 6.45) is 0.0747. The van der Waals surface area contributed by atoms with Crippen LogP contribution >= 0.6 is 34.8 Å². The van der Waals surface area contributed by atoms with Gasteiger partial charge in [0.15, 0.2) is 0 Å². The Kier molecular flexibility index (Phi) is 6.76. The minimum atomic E-state index is -0.549. The second kappa shape index (κ2) is 9.41. The maximum absolute atomic E-state index is 12.3. The van der Waals surface area contributed by atoms with Crippen LogP contribution in [0, 0.1) is 0 Å².